The van der Waals surface area contributed by atoms with Crippen molar-refractivity contribution in [1.82, 2.24) is 0 Å². The predicted octanol–water partition coefficient (Wildman–Crippen LogP) is 3.11. The van der Waals surface area contributed by atoms with Crippen LogP contribution >= 0.6 is 0 Å². The maximum Gasteiger partial charge on any atom is 0.321 e. The second-order valence-electron chi connectivity index (χ2n) is 5.64. The molecule has 2 unspecified atom stereocenters. The molecule has 0 spiro atoms. The summed E-state index contributed by atoms with van der Waals surface area (Å²) in [4.78, 5) is 12.4. The summed E-state index contributed by atoms with van der Waals surface area (Å²) in [6.07, 6.45) is 0.937. The number of rotatable bonds is 5. The largest absolute Gasteiger partial charge is 0.454 e. The van der Waals surface area contributed by atoms with Crippen LogP contribution in [0.2, 0.25) is 0 Å². The summed E-state index contributed by atoms with van der Waals surface area (Å²) in [6.45, 7) is 7.69. The molecule has 0 aromatic heterocycles. The normalized spacial score (nSPS) is 19.9. The second kappa shape index (κ2) is 6.31. The third-order valence-electron chi connectivity index (χ3n) is 3.94. The fraction of sp³-hybridized carbons (Fsp3) is 0.471. The van der Waals surface area contributed by atoms with E-state index >= 15 is 0 Å². The van der Waals surface area contributed by atoms with E-state index in [9.17, 15) is 4.79 Å². The van der Waals surface area contributed by atoms with Crippen LogP contribution in [0.1, 0.15) is 25.8 Å². The van der Waals surface area contributed by atoms with Gasteiger partial charge in [-0.1, -0.05) is 30.4 Å². The number of para-hydroxylation sites is 1. The first-order valence-electron chi connectivity index (χ1n) is 7.08. The van der Waals surface area contributed by atoms with Gasteiger partial charge in [0.05, 0.1) is 6.61 Å². The monoisotopic (exact) mass is 290 g/mol. The summed E-state index contributed by atoms with van der Waals surface area (Å²) in [5.41, 5.74) is 1.00. The van der Waals surface area contributed by atoms with Crippen molar-refractivity contribution in [2.24, 2.45) is 5.41 Å². The highest BCUT2D eigenvalue weighted by atomic mass is 16.7. The van der Waals surface area contributed by atoms with E-state index in [1.807, 2.05) is 24.3 Å². The van der Waals surface area contributed by atoms with Crippen LogP contribution in [0.15, 0.2) is 36.4 Å². The number of ether oxygens (including phenoxy) is 3. The molecule has 0 fully saturated rings. The zero-order chi connectivity index (χ0) is 15.5. The molecule has 0 radical (unpaired) electrons. The lowest BCUT2D eigenvalue weighted by Gasteiger charge is -2.31. The van der Waals surface area contributed by atoms with Gasteiger partial charge in [-0.05, 0) is 31.9 Å². The molecular weight excluding hydrogens is 268 g/mol. The Morgan fingerprint density at radius 3 is 2.86 bits per heavy atom. The second-order valence-corrected chi connectivity index (χ2v) is 5.64. The predicted molar refractivity (Wildman–Crippen MR) is 80.1 cm³/mol. The van der Waals surface area contributed by atoms with E-state index < -0.39 is 11.7 Å². The Hall–Kier alpha value is -1.81. The molecule has 0 saturated carbocycles. The summed E-state index contributed by atoms with van der Waals surface area (Å²) < 4.78 is 16.4. The molecule has 0 aliphatic carbocycles. The molecule has 4 nitrogen and oxygen atoms in total. The van der Waals surface area contributed by atoms with Gasteiger partial charge in [0.25, 0.3) is 0 Å². The van der Waals surface area contributed by atoms with E-state index in [0.717, 1.165) is 17.7 Å². The summed E-state index contributed by atoms with van der Waals surface area (Å²) >= 11 is 0. The topological polar surface area (TPSA) is 44.8 Å². The highest BCUT2D eigenvalue weighted by Gasteiger charge is 2.38. The summed E-state index contributed by atoms with van der Waals surface area (Å²) in [5.74, 6) is 0.423. The molecule has 1 aliphatic rings. The van der Waals surface area contributed by atoms with Gasteiger partial charge in [0.1, 0.15) is 11.2 Å². The van der Waals surface area contributed by atoms with Gasteiger partial charge in [0.2, 0.25) is 6.29 Å². The molecule has 0 amide bonds. The molecule has 0 saturated heterocycles. The fourth-order valence-electron chi connectivity index (χ4n) is 2.28. The van der Waals surface area contributed by atoms with Crippen LogP contribution in [0.3, 0.4) is 0 Å². The van der Waals surface area contributed by atoms with E-state index in [4.69, 9.17) is 14.2 Å². The highest BCUT2D eigenvalue weighted by Crippen LogP contribution is 2.31. The van der Waals surface area contributed by atoms with Crippen molar-refractivity contribution in [3.8, 4) is 5.75 Å². The zero-order valence-electron chi connectivity index (χ0n) is 12.8. The van der Waals surface area contributed by atoms with Gasteiger partial charge in [-0.2, -0.15) is 0 Å². The van der Waals surface area contributed by atoms with Gasteiger partial charge in [-0.25, -0.2) is 0 Å². The molecule has 1 aromatic carbocycles. The number of benzene rings is 1. The number of carbonyl (C=O) groups is 1. The lowest BCUT2D eigenvalue weighted by molar-refractivity contribution is -0.177. The third-order valence-corrected chi connectivity index (χ3v) is 3.94. The Morgan fingerprint density at radius 1 is 1.48 bits per heavy atom. The summed E-state index contributed by atoms with van der Waals surface area (Å²) in [6, 6.07) is 7.80. The van der Waals surface area contributed by atoms with Gasteiger partial charge in [-0.3, -0.25) is 4.79 Å². The van der Waals surface area contributed by atoms with Crippen LogP contribution in [0, 0.1) is 5.41 Å². The number of methoxy groups -OCH3 is 1. The summed E-state index contributed by atoms with van der Waals surface area (Å²) in [7, 11) is 1.56. The maximum atomic E-state index is 12.4. The molecule has 0 bridgehead atoms. The van der Waals surface area contributed by atoms with Crippen molar-refractivity contribution in [2.75, 3.05) is 13.7 Å². The van der Waals surface area contributed by atoms with Crippen molar-refractivity contribution in [3.05, 3.63) is 42.0 Å². The number of carbonyl (C=O) groups excluding carboxylic acids is 1. The first-order valence-corrected chi connectivity index (χ1v) is 7.08. The van der Waals surface area contributed by atoms with Crippen LogP contribution in [-0.4, -0.2) is 26.0 Å². The molecular formula is C17H22O4. The Bertz CT molecular complexity index is 537. The minimum atomic E-state index is -0.852. The Kier molecular flexibility index (Phi) is 4.68. The van der Waals surface area contributed by atoms with Crippen molar-refractivity contribution in [1.29, 1.82) is 0 Å². The third kappa shape index (κ3) is 3.27. The van der Waals surface area contributed by atoms with Gasteiger partial charge in [0.15, 0.2) is 0 Å². The lowest BCUT2D eigenvalue weighted by atomic mass is 9.84. The Labute approximate surface area is 125 Å². The number of hydrogen-bond acceptors (Lipinski definition) is 4. The first-order chi connectivity index (χ1) is 9.97. The highest BCUT2D eigenvalue weighted by molar-refractivity contribution is 5.80. The van der Waals surface area contributed by atoms with Gasteiger partial charge >= 0.3 is 5.97 Å². The van der Waals surface area contributed by atoms with Crippen LogP contribution in [0.5, 0.6) is 5.75 Å². The van der Waals surface area contributed by atoms with E-state index in [1.54, 1.807) is 21.0 Å². The smallest absolute Gasteiger partial charge is 0.321 e. The average Bonchev–Trinajstić information content (AvgIpc) is 2.47. The van der Waals surface area contributed by atoms with E-state index in [0.29, 0.717) is 12.0 Å². The van der Waals surface area contributed by atoms with Gasteiger partial charge in [-0.15, -0.1) is 0 Å². The Balaban J connectivity index is 2.05. The molecule has 1 heterocycles. The van der Waals surface area contributed by atoms with Crippen LogP contribution in [-0.2, 0) is 20.7 Å². The first kappa shape index (κ1) is 15.6. The van der Waals surface area contributed by atoms with Crippen molar-refractivity contribution in [2.45, 2.75) is 33.0 Å². The molecule has 114 valence electrons. The molecule has 2 atom stereocenters. The number of fused-ring (bicyclic) bond motifs is 1. The number of hydrogen-bond donors (Lipinski definition) is 0. The van der Waals surface area contributed by atoms with E-state index in [1.165, 1.54) is 0 Å². The van der Waals surface area contributed by atoms with Crippen LogP contribution in [0.4, 0.5) is 0 Å². The van der Waals surface area contributed by atoms with E-state index in [2.05, 4.69) is 6.58 Å². The summed E-state index contributed by atoms with van der Waals surface area (Å²) in [5, 5.41) is 0. The number of aryl methyl sites for hydroxylation is 1. The quantitative estimate of drug-likeness (QED) is 0.617. The molecule has 2 rings (SSSR count). The van der Waals surface area contributed by atoms with Crippen LogP contribution < -0.4 is 4.74 Å². The molecule has 1 aromatic rings. The molecule has 1 aliphatic heterocycles. The lowest BCUT2D eigenvalue weighted by Crippen LogP contribution is -2.39. The van der Waals surface area contributed by atoms with Gasteiger partial charge < -0.3 is 14.2 Å². The van der Waals surface area contributed by atoms with Crippen LogP contribution in [0.25, 0.3) is 0 Å². The van der Waals surface area contributed by atoms with Crippen molar-refractivity contribution >= 4 is 5.97 Å². The molecule has 0 N–H and O–H groups in total. The minimum absolute atomic E-state index is 0.241. The average molecular weight is 290 g/mol. The van der Waals surface area contributed by atoms with Gasteiger partial charge in [0, 0.05) is 13.5 Å². The minimum Gasteiger partial charge on any atom is -0.454 e. The van der Waals surface area contributed by atoms with Crippen molar-refractivity contribution in [3.63, 3.8) is 0 Å². The molecule has 21 heavy (non-hydrogen) atoms. The maximum absolute atomic E-state index is 12.4. The van der Waals surface area contributed by atoms with E-state index in [-0.39, 0.29) is 12.6 Å². The fourth-order valence-corrected chi connectivity index (χ4v) is 2.28. The standard InChI is InChI=1S/C17H22O4/c1-12(2)17(3,11-19-4)16(18)21-15-10-9-13-7-5-6-8-14(13)20-15/h5-8,15H,1,9-11H2,2-4H3. The Morgan fingerprint density at radius 2 is 2.19 bits per heavy atom. The zero-order valence-corrected chi connectivity index (χ0v) is 12.8. The molecule has 4 heteroatoms. The SMILES string of the molecule is C=C(C)C(C)(COC)C(=O)OC1CCc2ccccc2O1. The number of esters is 1. The van der Waals surface area contributed by atoms with Crippen molar-refractivity contribution < 1.29 is 19.0 Å².